The molecule has 0 amide bonds. The van der Waals surface area contributed by atoms with E-state index in [-0.39, 0.29) is 6.10 Å². The summed E-state index contributed by atoms with van der Waals surface area (Å²) in [5, 5.41) is 9.99. The largest absolute Gasteiger partial charge is 0.393 e. The van der Waals surface area contributed by atoms with Crippen LogP contribution in [-0.2, 0) is 11.2 Å². The minimum Gasteiger partial charge on any atom is -0.393 e. The third kappa shape index (κ3) is 4.44. The molecule has 0 aromatic carbocycles. The number of nitrogens with zero attached hydrogens (tertiary/aromatic N) is 1. The number of aryl methyl sites for hydroxylation is 1. The number of hydrogen-bond acceptors (Lipinski definition) is 3. The maximum atomic E-state index is 9.99. The van der Waals surface area contributed by atoms with Gasteiger partial charge in [-0.15, -0.1) is 0 Å². The molecule has 0 saturated carbocycles. The van der Waals surface area contributed by atoms with Gasteiger partial charge in [-0.05, 0) is 50.2 Å². The zero-order valence-corrected chi connectivity index (χ0v) is 10.2. The molecule has 1 fully saturated rings. The molecule has 17 heavy (non-hydrogen) atoms. The molecule has 1 aliphatic heterocycles. The number of aliphatic hydroxyl groups excluding tert-OH is 1. The molecule has 0 radical (unpaired) electrons. The van der Waals surface area contributed by atoms with Crippen LogP contribution in [0.2, 0.25) is 0 Å². The van der Waals surface area contributed by atoms with Gasteiger partial charge in [0.1, 0.15) is 0 Å². The first-order valence-corrected chi connectivity index (χ1v) is 6.50. The maximum Gasteiger partial charge on any atom is 0.0546 e. The van der Waals surface area contributed by atoms with E-state index in [1.165, 1.54) is 0 Å². The molecule has 0 aliphatic carbocycles. The zero-order valence-electron chi connectivity index (χ0n) is 10.2. The highest BCUT2D eigenvalue weighted by Gasteiger charge is 2.17. The zero-order chi connectivity index (χ0) is 11.9. The van der Waals surface area contributed by atoms with Crippen LogP contribution in [0.25, 0.3) is 0 Å². The van der Waals surface area contributed by atoms with Crippen molar-refractivity contribution in [2.24, 2.45) is 5.92 Å². The second-order valence-corrected chi connectivity index (χ2v) is 4.81. The number of aromatic nitrogens is 1. The molecular formula is C14H21NO2. The molecule has 1 unspecified atom stereocenters. The summed E-state index contributed by atoms with van der Waals surface area (Å²) in [6.45, 7) is 1.72. The molecule has 1 atom stereocenters. The van der Waals surface area contributed by atoms with E-state index >= 15 is 0 Å². The number of rotatable bonds is 5. The monoisotopic (exact) mass is 235 g/mol. The third-order valence-electron chi connectivity index (χ3n) is 3.41. The van der Waals surface area contributed by atoms with Crippen molar-refractivity contribution in [3.63, 3.8) is 0 Å². The quantitative estimate of drug-likeness (QED) is 0.850. The number of aliphatic hydroxyl groups is 1. The lowest BCUT2D eigenvalue weighted by Gasteiger charge is -2.24. The fourth-order valence-electron chi connectivity index (χ4n) is 2.35. The second-order valence-electron chi connectivity index (χ2n) is 4.81. The lowest BCUT2D eigenvalue weighted by molar-refractivity contribution is 0.0421. The highest BCUT2D eigenvalue weighted by molar-refractivity contribution is 5.03. The van der Waals surface area contributed by atoms with Crippen molar-refractivity contribution in [1.29, 1.82) is 0 Å². The Labute approximate surface area is 103 Å². The molecule has 1 N–H and O–H groups in total. The SMILES string of the molecule is OC(CCc1ccccn1)CC1CCOCC1. The summed E-state index contributed by atoms with van der Waals surface area (Å²) in [5.41, 5.74) is 1.07. The van der Waals surface area contributed by atoms with Crippen molar-refractivity contribution in [3.05, 3.63) is 30.1 Å². The van der Waals surface area contributed by atoms with Gasteiger partial charge in [-0.3, -0.25) is 4.98 Å². The molecule has 2 rings (SSSR count). The van der Waals surface area contributed by atoms with Gasteiger partial charge in [0.05, 0.1) is 6.10 Å². The standard InChI is InChI=1S/C14H21NO2/c16-14(11-12-6-9-17-10-7-12)5-4-13-3-1-2-8-15-13/h1-3,8,12,14,16H,4-7,9-11H2. The van der Waals surface area contributed by atoms with Crippen molar-refractivity contribution in [3.8, 4) is 0 Å². The smallest absolute Gasteiger partial charge is 0.0546 e. The van der Waals surface area contributed by atoms with Gasteiger partial charge in [-0.25, -0.2) is 0 Å². The minimum atomic E-state index is -0.194. The first kappa shape index (κ1) is 12.5. The van der Waals surface area contributed by atoms with Gasteiger partial charge >= 0.3 is 0 Å². The fourth-order valence-corrected chi connectivity index (χ4v) is 2.35. The minimum absolute atomic E-state index is 0.194. The van der Waals surface area contributed by atoms with Crippen molar-refractivity contribution >= 4 is 0 Å². The van der Waals surface area contributed by atoms with E-state index in [1.54, 1.807) is 6.20 Å². The van der Waals surface area contributed by atoms with Crippen LogP contribution in [0.4, 0.5) is 0 Å². The molecular weight excluding hydrogens is 214 g/mol. The lowest BCUT2D eigenvalue weighted by atomic mass is 9.92. The molecule has 3 nitrogen and oxygen atoms in total. The summed E-state index contributed by atoms with van der Waals surface area (Å²) in [5.74, 6) is 0.641. The third-order valence-corrected chi connectivity index (χ3v) is 3.41. The molecule has 94 valence electrons. The van der Waals surface area contributed by atoms with E-state index in [2.05, 4.69) is 4.98 Å². The Morgan fingerprint density at radius 2 is 2.18 bits per heavy atom. The van der Waals surface area contributed by atoms with Crippen molar-refractivity contribution in [2.75, 3.05) is 13.2 Å². The molecule has 3 heteroatoms. The summed E-state index contributed by atoms with van der Waals surface area (Å²) in [6, 6.07) is 5.93. The van der Waals surface area contributed by atoms with Crippen LogP contribution >= 0.6 is 0 Å². The molecule has 2 heterocycles. The molecule has 0 spiro atoms. The van der Waals surface area contributed by atoms with Crippen LogP contribution in [0.15, 0.2) is 24.4 Å². The predicted molar refractivity (Wildman–Crippen MR) is 66.7 cm³/mol. The van der Waals surface area contributed by atoms with Gasteiger partial charge in [-0.2, -0.15) is 0 Å². The van der Waals surface area contributed by atoms with Crippen LogP contribution < -0.4 is 0 Å². The van der Waals surface area contributed by atoms with Gasteiger partial charge in [0, 0.05) is 25.1 Å². The van der Waals surface area contributed by atoms with Gasteiger partial charge in [0.2, 0.25) is 0 Å². The van der Waals surface area contributed by atoms with Crippen LogP contribution in [-0.4, -0.2) is 29.4 Å². The second kappa shape index (κ2) is 6.72. The molecule has 1 aliphatic rings. The Morgan fingerprint density at radius 1 is 1.35 bits per heavy atom. The normalized spacial score (nSPS) is 19.1. The lowest BCUT2D eigenvalue weighted by Crippen LogP contribution is -2.21. The Morgan fingerprint density at radius 3 is 2.88 bits per heavy atom. The van der Waals surface area contributed by atoms with E-state index in [4.69, 9.17) is 4.74 Å². The topological polar surface area (TPSA) is 42.4 Å². The predicted octanol–water partition coefficient (Wildman–Crippen LogP) is 2.19. The average Bonchev–Trinajstić information content (AvgIpc) is 2.39. The van der Waals surface area contributed by atoms with Crippen molar-refractivity contribution in [2.45, 2.75) is 38.2 Å². The summed E-state index contributed by atoms with van der Waals surface area (Å²) in [4.78, 5) is 4.27. The summed E-state index contributed by atoms with van der Waals surface area (Å²) in [7, 11) is 0. The van der Waals surface area contributed by atoms with Crippen molar-refractivity contribution < 1.29 is 9.84 Å². The van der Waals surface area contributed by atoms with E-state index in [0.717, 1.165) is 51.0 Å². The first-order chi connectivity index (χ1) is 8.34. The van der Waals surface area contributed by atoms with Crippen molar-refractivity contribution in [1.82, 2.24) is 4.98 Å². The summed E-state index contributed by atoms with van der Waals surface area (Å²) < 4.78 is 5.32. The van der Waals surface area contributed by atoms with Gasteiger partial charge in [-0.1, -0.05) is 6.07 Å². The van der Waals surface area contributed by atoms with Crippen LogP contribution in [0, 0.1) is 5.92 Å². The van der Waals surface area contributed by atoms with Gasteiger partial charge in [0.25, 0.3) is 0 Å². The van der Waals surface area contributed by atoms with Gasteiger partial charge in [0.15, 0.2) is 0 Å². The Balaban J connectivity index is 1.68. The molecule has 1 aromatic rings. The Hall–Kier alpha value is -0.930. The maximum absolute atomic E-state index is 9.99. The van der Waals surface area contributed by atoms with E-state index in [0.29, 0.717) is 5.92 Å². The Kier molecular flexibility index (Phi) is 4.95. The van der Waals surface area contributed by atoms with Crippen LogP contribution in [0.3, 0.4) is 0 Å². The van der Waals surface area contributed by atoms with E-state index < -0.39 is 0 Å². The van der Waals surface area contributed by atoms with E-state index in [9.17, 15) is 5.11 Å². The highest BCUT2D eigenvalue weighted by Crippen LogP contribution is 2.21. The fraction of sp³-hybridized carbons (Fsp3) is 0.643. The molecule has 1 aromatic heterocycles. The average molecular weight is 235 g/mol. The van der Waals surface area contributed by atoms with Gasteiger partial charge < -0.3 is 9.84 Å². The Bertz CT molecular complexity index is 309. The first-order valence-electron chi connectivity index (χ1n) is 6.50. The number of hydrogen-bond donors (Lipinski definition) is 1. The van der Waals surface area contributed by atoms with E-state index in [1.807, 2.05) is 18.2 Å². The molecule has 0 bridgehead atoms. The summed E-state index contributed by atoms with van der Waals surface area (Å²) in [6.07, 6.45) is 6.40. The van der Waals surface area contributed by atoms with Crippen LogP contribution in [0.1, 0.15) is 31.4 Å². The van der Waals surface area contributed by atoms with Crippen LogP contribution in [0.5, 0.6) is 0 Å². The highest BCUT2D eigenvalue weighted by atomic mass is 16.5. The summed E-state index contributed by atoms with van der Waals surface area (Å²) >= 11 is 0. The molecule has 1 saturated heterocycles. The number of ether oxygens (including phenoxy) is 1. The number of pyridine rings is 1.